The number of hydrogen-bond donors (Lipinski definition) is 0. The molecular formula is C16H16ClFO. The Bertz CT molecular complexity index is 528. The largest absolute Gasteiger partial charge is 0.494 e. The minimum absolute atomic E-state index is 0.190. The van der Waals surface area contributed by atoms with E-state index >= 15 is 0 Å². The van der Waals surface area contributed by atoms with Gasteiger partial charge in [0.25, 0.3) is 0 Å². The number of alkyl halides is 1. The third-order valence-electron chi connectivity index (χ3n) is 3.16. The van der Waals surface area contributed by atoms with E-state index in [4.69, 9.17) is 16.3 Å². The van der Waals surface area contributed by atoms with Crippen molar-refractivity contribution < 1.29 is 9.13 Å². The lowest BCUT2D eigenvalue weighted by Gasteiger charge is -2.15. The third kappa shape index (κ3) is 3.48. The number of hydrogen-bond acceptors (Lipinski definition) is 1. The van der Waals surface area contributed by atoms with Crippen molar-refractivity contribution in [3.05, 3.63) is 65.5 Å². The van der Waals surface area contributed by atoms with E-state index in [1.807, 2.05) is 36.4 Å². The smallest absolute Gasteiger partial charge is 0.165 e. The molecule has 19 heavy (non-hydrogen) atoms. The van der Waals surface area contributed by atoms with Crippen LogP contribution in [0.15, 0.2) is 48.5 Å². The summed E-state index contributed by atoms with van der Waals surface area (Å²) in [6.07, 6.45) is 0.717. The molecule has 0 bridgehead atoms. The number of ether oxygens (including phenoxy) is 1. The first-order chi connectivity index (χ1) is 9.24. The van der Waals surface area contributed by atoms with Crippen LogP contribution >= 0.6 is 11.6 Å². The summed E-state index contributed by atoms with van der Waals surface area (Å²) < 4.78 is 18.6. The molecule has 0 amide bonds. The molecule has 0 aliphatic heterocycles. The highest BCUT2D eigenvalue weighted by Crippen LogP contribution is 2.25. The summed E-state index contributed by atoms with van der Waals surface area (Å²) in [7, 11) is 1.46. The molecule has 0 aliphatic carbocycles. The maximum absolute atomic E-state index is 13.6. The zero-order valence-electron chi connectivity index (χ0n) is 10.8. The van der Waals surface area contributed by atoms with Crippen LogP contribution in [-0.4, -0.2) is 13.0 Å². The van der Waals surface area contributed by atoms with Gasteiger partial charge >= 0.3 is 0 Å². The van der Waals surface area contributed by atoms with E-state index in [2.05, 4.69) is 0 Å². The van der Waals surface area contributed by atoms with Crippen LogP contribution in [-0.2, 0) is 6.42 Å². The quantitative estimate of drug-likeness (QED) is 0.737. The molecule has 100 valence electrons. The normalized spacial score (nSPS) is 12.2. The standard InChI is InChI=1S/C16H16ClFO/c1-19-16-8-7-12(10-15(16)18)9-14(11-17)13-5-3-2-4-6-13/h2-8,10,14H,9,11H2,1H3. The SMILES string of the molecule is COc1ccc(CC(CCl)c2ccccc2)cc1F. The number of benzene rings is 2. The van der Waals surface area contributed by atoms with Crippen LogP contribution in [0.4, 0.5) is 4.39 Å². The van der Waals surface area contributed by atoms with Crippen molar-refractivity contribution in [2.24, 2.45) is 0 Å². The molecule has 0 fully saturated rings. The second-order valence-corrected chi connectivity index (χ2v) is 4.74. The highest BCUT2D eigenvalue weighted by atomic mass is 35.5. The summed E-state index contributed by atoms with van der Waals surface area (Å²) in [5.74, 6) is 0.639. The van der Waals surface area contributed by atoms with Crippen LogP contribution in [0, 0.1) is 5.82 Å². The van der Waals surface area contributed by atoms with Crippen molar-refractivity contribution in [3.8, 4) is 5.75 Å². The lowest BCUT2D eigenvalue weighted by Crippen LogP contribution is -2.05. The van der Waals surface area contributed by atoms with Crippen LogP contribution in [0.1, 0.15) is 17.0 Å². The average molecular weight is 279 g/mol. The zero-order valence-corrected chi connectivity index (χ0v) is 11.5. The maximum atomic E-state index is 13.6. The van der Waals surface area contributed by atoms with Gasteiger partial charge in [-0.15, -0.1) is 11.6 Å². The molecule has 1 atom stereocenters. The predicted molar refractivity (Wildman–Crippen MR) is 76.6 cm³/mol. The van der Waals surface area contributed by atoms with Gasteiger partial charge in [0.2, 0.25) is 0 Å². The van der Waals surface area contributed by atoms with Crippen LogP contribution in [0.25, 0.3) is 0 Å². The molecule has 2 aromatic carbocycles. The Morgan fingerprint density at radius 2 is 1.89 bits per heavy atom. The second kappa shape index (κ2) is 6.58. The fourth-order valence-corrected chi connectivity index (χ4v) is 2.40. The van der Waals surface area contributed by atoms with Gasteiger partial charge in [0.15, 0.2) is 11.6 Å². The summed E-state index contributed by atoms with van der Waals surface area (Å²) >= 11 is 6.03. The Balaban J connectivity index is 2.17. The Kier molecular flexibility index (Phi) is 4.80. The van der Waals surface area contributed by atoms with Crippen LogP contribution in [0.3, 0.4) is 0 Å². The van der Waals surface area contributed by atoms with Gasteiger partial charge in [-0.2, -0.15) is 0 Å². The Morgan fingerprint density at radius 3 is 2.47 bits per heavy atom. The number of methoxy groups -OCH3 is 1. The van der Waals surface area contributed by atoms with Gasteiger partial charge in [0.05, 0.1) is 7.11 Å². The van der Waals surface area contributed by atoms with E-state index in [9.17, 15) is 4.39 Å². The van der Waals surface area contributed by atoms with Gasteiger partial charge in [0.1, 0.15) is 0 Å². The van der Waals surface area contributed by atoms with Gasteiger partial charge in [0, 0.05) is 11.8 Å². The first-order valence-electron chi connectivity index (χ1n) is 6.18. The Hall–Kier alpha value is -1.54. The van der Waals surface area contributed by atoms with E-state index in [0.717, 1.165) is 5.56 Å². The fourth-order valence-electron chi connectivity index (χ4n) is 2.11. The molecular weight excluding hydrogens is 263 g/mol. The molecule has 0 heterocycles. The van der Waals surface area contributed by atoms with Crippen LogP contribution < -0.4 is 4.74 Å². The van der Waals surface area contributed by atoms with E-state index < -0.39 is 0 Å². The van der Waals surface area contributed by atoms with Crippen molar-refractivity contribution in [1.82, 2.24) is 0 Å². The van der Waals surface area contributed by atoms with Crippen molar-refractivity contribution in [2.75, 3.05) is 13.0 Å². The van der Waals surface area contributed by atoms with Crippen molar-refractivity contribution in [1.29, 1.82) is 0 Å². The fraction of sp³-hybridized carbons (Fsp3) is 0.250. The van der Waals surface area contributed by atoms with Crippen LogP contribution in [0.5, 0.6) is 5.75 Å². The minimum atomic E-state index is -0.332. The number of rotatable bonds is 5. The number of halogens is 2. The summed E-state index contributed by atoms with van der Waals surface area (Å²) in [6, 6.07) is 15.1. The molecule has 0 saturated heterocycles. The highest BCUT2D eigenvalue weighted by molar-refractivity contribution is 6.18. The molecule has 3 heteroatoms. The molecule has 0 aliphatic rings. The highest BCUT2D eigenvalue weighted by Gasteiger charge is 2.12. The Labute approximate surface area is 118 Å². The predicted octanol–water partition coefficient (Wildman–Crippen LogP) is 4.40. The third-order valence-corrected chi connectivity index (χ3v) is 3.53. The monoisotopic (exact) mass is 278 g/mol. The minimum Gasteiger partial charge on any atom is -0.494 e. The molecule has 0 radical (unpaired) electrons. The molecule has 0 spiro atoms. The van der Waals surface area contributed by atoms with E-state index in [0.29, 0.717) is 12.3 Å². The molecule has 0 saturated carbocycles. The van der Waals surface area contributed by atoms with Gasteiger partial charge in [-0.3, -0.25) is 0 Å². The molecule has 2 rings (SSSR count). The van der Waals surface area contributed by atoms with Crippen molar-refractivity contribution in [3.63, 3.8) is 0 Å². The summed E-state index contributed by atoms with van der Waals surface area (Å²) in [5, 5.41) is 0. The van der Waals surface area contributed by atoms with E-state index in [1.54, 1.807) is 6.07 Å². The summed E-state index contributed by atoms with van der Waals surface area (Å²) in [5.41, 5.74) is 2.10. The molecule has 1 nitrogen and oxygen atoms in total. The maximum Gasteiger partial charge on any atom is 0.165 e. The lowest BCUT2D eigenvalue weighted by atomic mass is 9.93. The first kappa shape index (κ1) is 13.9. The van der Waals surface area contributed by atoms with Crippen LogP contribution in [0.2, 0.25) is 0 Å². The van der Waals surface area contributed by atoms with Crippen molar-refractivity contribution >= 4 is 11.6 Å². The lowest BCUT2D eigenvalue weighted by molar-refractivity contribution is 0.386. The molecule has 0 N–H and O–H groups in total. The molecule has 0 aromatic heterocycles. The van der Waals surface area contributed by atoms with Gasteiger partial charge in [-0.25, -0.2) is 4.39 Å². The summed E-state index contributed by atoms with van der Waals surface area (Å²) in [6.45, 7) is 0. The van der Waals surface area contributed by atoms with E-state index in [-0.39, 0.29) is 17.5 Å². The van der Waals surface area contributed by atoms with Gasteiger partial charge in [-0.05, 0) is 29.7 Å². The van der Waals surface area contributed by atoms with Gasteiger partial charge < -0.3 is 4.74 Å². The van der Waals surface area contributed by atoms with Crippen molar-refractivity contribution in [2.45, 2.75) is 12.3 Å². The average Bonchev–Trinajstić information content (AvgIpc) is 2.46. The zero-order chi connectivity index (χ0) is 13.7. The van der Waals surface area contributed by atoms with E-state index in [1.165, 1.54) is 18.7 Å². The second-order valence-electron chi connectivity index (χ2n) is 4.43. The Morgan fingerprint density at radius 1 is 1.16 bits per heavy atom. The molecule has 1 unspecified atom stereocenters. The van der Waals surface area contributed by atoms with Gasteiger partial charge in [-0.1, -0.05) is 36.4 Å². The topological polar surface area (TPSA) is 9.23 Å². The first-order valence-corrected chi connectivity index (χ1v) is 6.71. The summed E-state index contributed by atoms with van der Waals surface area (Å²) in [4.78, 5) is 0. The molecule has 2 aromatic rings.